The maximum Gasteiger partial charge on any atom is 0.0595 e. The van der Waals surface area contributed by atoms with Crippen molar-refractivity contribution in [2.75, 3.05) is 6.54 Å². The molecule has 0 amide bonds. The van der Waals surface area contributed by atoms with Crippen molar-refractivity contribution in [2.24, 2.45) is 0 Å². The lowest BCUT2D eigenvalue weighted by atomic mass is 10.0. The third kappa shape index (κ3) is 4.17. The van der Waals surface area contributed by atoms with Crippen LogP contribution in [0.1, 0.15) is 18.9 Å². The van der Waals surface area contributed by atoms with Gasteiger partial charge in [0.15, 0.2) is 0 Å². The SMILES string of the molecule is C=CCC(Cc1ccc(Cl)c(Cl)c1)NCC. The summed E-state index contributed by atoms with van der Waals surface area (Å²) in [5, 5.41) is 4.64. The van der Waals surface area contributed by atoms with Crippen LogP contribution in [0, 0.1) is 0 Å². The van der Waals surface area contributed by atoms with Gasteiger partial charge < -0.3 is 5.32 Å². The second kappa shape index (κ2) is 6.95. The maximum atomic E-state index is 5.98. The first kappa shape index (κ1) is 13.6. The van der Waals surface area contributed by atoms with E-state index >= 15 is 0 Å². The highest BCUT2D eigenvalue weighted by atomic mass is 35.5. The molecule has 3 heteroatoms. The van der Waals surface area contributed by atoms with Crippen molar-refractivity contribution in [2.45, 2.75) is 25.8 Å². The molecule has 1 aromatic rings. The Morgan fingerprint density at radius 2 is 2.12 bits per heavy atom. The lowest BCUT2D eigenvalue weighted by Crippen LogP contribution is -2.30. The largest absolute Gasteiger partial charge is 0.314 e. The van der Waals surface area contributed by atoms with E-state index in [1.165, 1.54) is 5.56 Å². The third-order valence-corrected chi connectivity index (χ3v) is 3.15. The first-order valence-corrected chi connectivity index (χ1v) is 6.21. The third-order valence-electron chi connectivity index (χ3n) is 2.41. The second-order valence-electron chi connectivity index (χ2n) is 3.73. The summed E-state index contributed by atoms with van der Waals surface area (Å²) in [6.07, 6.45) is 3.83. The van der Waals surface area contributed by atoms with Crippen molar-refractivity contribution < 1.29 is 0 Å². The number of rotatable bonds is 6. The van der Waals surface area contributed by atoms with Crippen LogP contribution >= 0.6 is 23.2 Å². The van der Waals surface area contributed by atoms with Gasteiger partial charge in [-0.1, -0.05) is 42.3 Å². The van der Waals surface area contributed by atoms with E-state index < -0.39 is 0 Å². The van der Waals surface area contributed by atoms with Gasteiger partial charge >= 0.3 is 0 Å². The van der Waals surface area contributed by atoms with Crippen molar-refractivity contribution in [3.8, 4) is 0 Å². The Morgan fingerprint density at radius 1 is 1.38 bits per heavy atom. The van der Waals surface area contributed by atoms with Crippen LogP contribution in [0.2, 0.25) is 10.0 Å². The number of halogens is 2. The Labute approximate surface area is 107 Å². The number of benzene rings is 1. The molecule has 1 unspecified atom stereocenters. The molecular weight excluding hydrogens is 241 g/mol. The summed E-state index contributed by atoms with van der Waals surface area (Å²) in [6.45, 7) is 6.83. The monoisotopic (exact) mass is 257 g/mol. The van der Waals surface area contributed by atoms with Crippen molar-refractivity contribution >= 4 is 23.2 Å². The highest BCUT2D eigenvalue weighted by Gasteiger charge is 2.07. The second-order valence-corrected chi connectivity index (χ2v) is 4.55. The molecule has 1 atom stereocenters. The molecule has 0 aliphatic heterocycles. The number of hydrogen-bond donors (Lipinski definition) is 1. The van der Waals surface area contributed by atoms with Gasteiger partial charge in [-0.2, -0.15) is 0 Å². The molecule has 0 heterocycles. The average Bonchev–Trinajstić information content (AvgIpc) is 2.24. The Hall–Kier alpha value is -0.500. The number of nitrogens with one attached hydrogen (secondary N) is 1. The molecular formula is C13H17Cl2N. The van der Waals surface area contributed by atoms with Crippen LogP contribution in [0.25, 0.3) is 0 Å². The van der Waals surface area contributed by atoms with Gasteiger partial charge in [0.2, 0.25) is 0 Å². The zero-order chi connectivity index (χ0) is 12.0. The lowest BCUT2D eigenvalue weighted by molar-refractivity contribution is 0.530. The normalized spacial score (nSPS) is 12.4. The molecule has 0 spiro atoms. The highest BCUT2D eigenvalue weighted by molar-refractivity contribution is 6.42. The summed E-state index contributed by atoms with van der Waals surface area (Å²) in [7, 11) is 0. The van der Waals surface area contributed by atoms with Crippen LogP contribution in [0.5, 0.6) is 0 Å². The van der Waals surface area contributed by atoms with E-state index in [9.17, 15) is 0 Å². The minimum Gasteiger partial charge on any atom is -0.314 e. The average molecular weight is 258 g/mol. The first-order valence-electron chi connectivity index (χ1n) is 5.45. The number of likely N-dealkylation sites (N-methyl/N-ethyl adjacent to an activating group) is 1. The van der Waals surface area contributed by atoms with E-state index in [2.05, 4.69) is 18.8 Å². The summed E-state index contributed by atoms with van der Waals surface area (Å²) in [4.78, 5) is 0. The van der Waals surface area contributed by atoms with Gasteiger partial charge in [-0.25, -0.2) is 0 Å². The molecule has 16 heavy (non-hydrogen) atoms. The van der Waals surface area contributed by atoms with E-state index in [4.69, 9.17) is 23.2 Å². The van der Waals surface area contributed by atoms with Crippen molar-refractivity contribution in [1.29, 1.82) is 0 Å². The lowest BCUT2D eigenvalue weighted by Gasteiger charge is -2.16. The summed E-state index contributed by atoms with van der Waals surface area (Å²) in [5.41, 5.74) is 1.20. The van der Waals surface area contributed by atoms with Gasteiger partial charge in [0, 0.05) is 6.04 Å². The fraction of sp³-hybridized carbons (Fsp3) is 0.385. The van der Waals surface area contributed by atoms with Gasteiger partial charge in [0.25, 0.3) is 0 Å². The van der Waals surface area contributed by atoms with E-state index in [-0.39, 0.29) is 0 Å². The minimum atomic E-state index is 0.416. The van der Waals surface area contributed by atoms with Crippen LogP contribution < -0.4 is 5.32 Å². The van der Waals surface area contributed by atoms with E-state index in [0.717, 1.165) is 19.4 Å². The molecule has 0 saturated heterocycles. The zero-order valence-electron chi connectivity index (χ0n) is 9.47. The standard InChI is InChI=1S/C13H17Cl2N/c1-3-5-11(16-4-2)8-10-6-7-12(14)13(15)9-10/h3,6-7,9,11,16H,1,4-5,8H2,2H3. The fourth-order valence-corrected chi connectivity index (χ4v) is 2.00. The molecule has 0 saturated carbocycles. The van der Waals surface area contributed by atoms with E-state index in [0.29, 0.717) is 16.1 Å². The summed E-state index contributed by atoms with van der Waals surface area (Å²) >= 11 is 11.9. The van der Waals surface area contributed by atoms with Gasteiger partial charge in [-0.15, -0.1) is 6.58 Å². The molecule has 88 valence electrons. The smallest absolute Gasteiger partial charge is 0.0595 e. The molecule has 0 aliphatic rings. The Kier molecular flexibility index (Phi) is 5.89. The van der Waals surface area contributed by atoms with Gasteiger partial charge in [0.1, 0.15) is 0 Å². The van der Waals surface area contributed by atoms with E-state index in [1.807, 2.05) is 24.3 Å². The van der Waals surface area contributed by atoms with Gasteiger partial charge in [-0.05, 0) is 37.1 Å². The van der Waals surface area contributed by atoms with Crippen LogP contribution in [-0.2, 0) is 6.42 Å². The predicted octanol–water partition coefficient (Wildman–Crippen LogP) is 4.09. The molecule has 1 aromatic carbocycles. The summed E-state index contributed by atoms with van der Waals surface area (Å²) < 4.78 is 0. The number of hydrogen-bond acceptors (Lipinski definition) is 1. The molecule has 0 bridgehead atoms. The highest BCUT2D eigenvalue weighted by Crippen LogP contribution is 2.23. The molecule has 1 nitrogen and oxygen atoms in total. The van der Waals surface area contributed by atoms with Crippen LogP contribution in [0.15, 0.2) is 30.9 Å². The predicted molar refractivity (Wildman–Crippen MR) is 72.4 cm³/mol. The first-order chi connectivity index (χ1) is 7.67. The molecule has 0 aliphatic carbocycles. The minimum absolute atomic E-state index is 0.416. The molecule has 1 rings (SSSR count). The molecule has 0 fully saturated rings. The quantitative estimate of drug-likeness (QED) is 0.758. The molecule has 1 N–H and O–H groups in total. The Bertz CT molecular complexity index is 350. The topological polar surface area (TPSA) is 12.0 Å². The van der Waals surface area contributed by atoms with Crippen LogP contribution in [-0.4, -0.2) is 12.6 Å². The van der Waals surface area contributed by atoms with Crippen LogP contribution in [0.3, 0.4) is 0 Å². The Balaban J connectivity index is 2.68. The molecule has 0 radical (unpaired) electrons. The molecule has 0 aromatic heterocycles. The Morgan fingerprint density at radius 3 is 2.69 bits per heavy atom. The van der Waals surface area contributed by atoms with Gasteiger partial charge in [-0.3, -0.25) is 0 Å². The van der Waals surface area contributed by atoms with Crippen molar-refractivity contribution in [3.63, 3.8) is 0 Å². The maximum absolute atomic E-state index is 5.98. The van der Waals surface area contributed by atoms with Crippen molar-refractivity contribution in [3.05, 3.63) is 46.5 Å². The summed E-state index contributed by atoms with van der Waals surface area (Å²) in [5.74, 6) is 0. The van der Waals surface area contributed by atoms with Gasteiger partial charge in [0.05, 0.1) is 10.0 Å². The fourth-order valence-electron chi connectivity index (χ4n) is 1.68. The summed E-state index contributed by atoms with van der Waals surface area (Å²) in [6, 6.07) is 6.20. The zero-order valence-corrected chi connectivity index (χ0v) is 11.0. The van der Waals surface area contributed by atoms with E-state index in [1.54, 1.807) is 0 Å². The van der Waals surface area contributed by atoms with Crippen LogP contribution in [0.4, 0.5) is 0 Å². The van der Waals surface area contributed by atoms with Crippen molar-refractivity contribution in [1.82, 2.24) is 5.32 Å².